The topological polar surface area (TPSA) is 36.1 Å². The van der Waals surface area contributed by atoms with Crippen LogP contribution in [0.15, 0.2) is 28.4 Å². The van der Waals surface area contributed by atoms with Gasteiger partial charge in [0.05, 0.1) is 10.6 Å². The molecule has 0 aliphatic carbocycles. The molecule has 0 aromatic rings. The number of hydrogen-bond acceptors (Lipinski definition) is 2. The van der Waals surface area contributed by atoms with Crippen molar-refractivity contribution in [2.24, 2.45) is 4.99 Å². The van der Waals surface area contributed by atoms with Crippen LogP contribution in [0.5, 0.6) is 0 Å². The van der Waals surface area contributed by atoms with Crippen LogP contribution in [0.3, 0.4) is 0 Å². The monoisotopic (exact) mass is 182 g/mol. The second kappa shape index (κ2) is 6.63. The minimum absolute atomic E-state index is 0.228. The summed E-state index contributed by atoms with van der Waals surface area (Å²) >= 11 is 5.50. The Morgan fingerprint density at radius 1 is 1.75 bits per heavy atom. The number of halogens is 1. The van der Waals surface area contributed by atoms with Gasteiger partial charge < -0.3 is 0 Å². The SMILES string of the molecule is C=C(Cl)/C(C#N)=C\N=CCCC. The molecular weight excluding hydrogens is 172 g/mol. The van der Waals surface area contributed by atoms with E-state index in [-0.39, 0.29) is 5.03 Å². The van der Waals surface area contributed by atoms with Gasteiger partial charge in [-0.05, 0) is 6.42 Å². The summed E-state index contributed by atoms with van der Waals surface area (Å²) < 4.78 is 0. The number of unbranched alkanes of at least 4 members (excludes halogenated alkanes) is 1. The molecule has 0 radical (unpaired) electrons. The Morgan fingerprint density at radius 3 is 2.83 bits per heavy atom. The summed E-state index contributed by atoms with van der Waals surface area (Å²) in [6.07, 6.45) is 5.12. The van der Waals surface area contributed by atoms with Gasteiger partial charge in [0, 0.05) is 12.4 Å². The molecule has 0 aromatic carbocycles. The molecule has 0 saturated heterocycles. The molecule has 0 aliphatic rings. The predicted octanol–water partition coefficient (Wildman–Crippen LogP) is 3.02. The first kappa shape index (κ1) is 10.9. The normalized spacial score (nSPS) is 11.6. The molecule has 64 valence electrons. The van der Waals surface area contributed by atoms with Gasteiger partial charge in [-0.2, -0.15) is 5.26 Å². The summed E-state index contributed by atoms with van der Waals surface area (Å²) in [5, 5.41) is 8.74. The van der Waals surface area contributed by atoms with Crippen molar-refractivity contribution in [2.75, 3.05) is 0 Å². The second-order valence-electron chi connectivity index (χ2n) is 2.18. The Kier molecular flexibility index (Phi) is 6.04. The zero-order valence-electron chi connectivity index (χ0n) is 7.05. The molecule has 0 aromatic heterocycles. The number of hydrogen-bond donors (Lipinski definition) is 0. The number of allylic oxidation sites excluding steroid dienone is 2. The van der Waals surface area contributed by atoms with Crippen LogP contribution in [0, 0.1) is 11.3 Å². The van der Waals surface area contributed by atoms with Crippen LogP contribution in [0.2, 0.25) is 0 Å². The summed E-state index contributed by atoms with van der Waals surface area (Å²) in [7, 11) is 0. The lowest BCUT2D eigenvalue weighted by molar-refractivity contribution is 1.01. The van der Waals surface area contributed by atoms with Crippen molar-refractivity contribution in [3.8, 4) is 6.07 Å². The standard InChI is InChI=1S/C9H11ClN2/c1-3-4-5-12-7-9(6-11)8(2)10/h5,7H,2-4H2,1H3/b9-7-,12-5?. The summed E-state index contributed by atoms with van der Waals surface area (Å²) in [5.41, 5.74) is 0.309. The Bertz CT molecular complexity index is 246. The Labute approximate surface area is 77.9 Å². The van der Waals surface area contributed by atoms with Gasteiger partial charge in [0.1, 0.15) is 6.07 Å². The van der Waals surface area contributed by atoms with E-state index in [2.05, 4.69) is 18.5 Å². The highest BCUT2D eigenvalue weighted by Gasteiger charge is 1.94. The number of nitrogens with zero attached hydrogens (tertiary/aromatic N) is 2. The molecule has 0 fully saturated rings. The highest BCUT2D eigenvalue weighted by Crippen LogP contribution is 2.10. The highest BCUT2D eigenvalue weighted by molar-refractivity contribution is 6.32. The summed E-state index contributed by atoms with van der Waals surface area (Å²) in [6.45, 7) is 5.48. The largest absolute Gasteiger partial charge is 0.268 e. The van der Waals surface area contributed by atoms with Crippen LogP contribution in [0.1, 0.15) is 19.8 Å². The van der Waals surface area contributed by atoms with Gasteiger partial charge in [-0.1, -0.05) is 31.5 Å². The molecule has 0 N–H and O–H groups in total. The second-order valence-corrected chi connectivity index (χ2v) is 2.64. The summed E-state index contributed by atoms with van der Waals surface area (Å²) in [6, 6.07) is 1.89. The summed E-state index contributed by atoms with van der Waals surface area (Å²) in [5.74, 6) is 0. The van der Waals surface area contributed by atoms with Gasteiger partial charge in [0.25, 0.3) is 0 Å². The lowest BCUT2D eigenvalue weighted by Crippen LogP contribution is -1.76. The number of nitriles is 1. The maximum atomic E-state index is 8.52. The first-order chi connectivity index (χ1) is 5.72. The highest BCUT2D eigenvalue weighted by atomic mass is 35.5. The van der Waals surface area contributed by atoms with E-state index in [0.717, 1.165) is 12.8 Å². The molecule has 2 nitrogen and oxygen atoms in total. The quantitative estimate of drug-likeness (QED) is 0.374. The maximum absolute atomic E-state index is 8.52. The Hall–Kier alpha value is -1.07. The van der Waals surface area contributed by atoms with Crippen molar-refractivity contribution in [2.45, 2.75) is 19.8 Å². The lowest BCUT2D eigenvalue weighted by atomic mass is 10.3. The third-order valence-corrected chi connectivity index (χ3v) is 1.34. The fourth-order valence-corrected chi connectivity index (χ4v) is 0.581. The average Bonchev–Trinajstić information content (AvgIpc) is 2.04. The van der Waals surface area contributed by atoms with Crippen LogP contribution in [-0.2, 0) is 0 Å². The van der Waals surface area contributed by atoms with Crippen molar-refractivity contribution in [1.29, 1.82) is 5.26 Å². The molecule has 0 aliphatic heterocycles. The molecule has 0 spiro atoms. The van der Waals surface area contributed by atoms with Crippen molar-refractivity contribution in [3.05, 3.63) is 23.4 Å². The van der Waals surface area contributed by atoms with E-state index in [1.54, 1.807) is 6.21 Å². The molecular formula is C9H11ClN2. The predicted molar refractivity (Wildman–Crippen MR) is 52.1 cm³/mol. The Balaban J connectivity index is 4.15. The minimum Gasteiger partial charge on any atom is -0.268 e. The molecule has 3 heteroatoms. The molecule has 0 heterocycles. The van der Waals surface area contributed by atoms with Crippen LogP contribution < -0.4 is 0 Å². The first-order valence-electron chi connectivity index (χ1n) is 3.69. The molecule has 0 saturated carbocycles. The maximum Gasteiger partial charge on any atom is 0.102 e. The summed E-state index contributed by atoms with van der Waals surface area (Å²) in [4.78, 5) is 3.90. The third kappa shape index (κ3) is 4.70. The van der Waals surface area contributed by atoms with E-state index in [0.29, 0.717) is 5.57 Å². The molecule has 0 unspecified atom stereocenters. The van der Waals surface area contributed by atoms with E-state index >= 15 is 0 Å². The molecule has 0 amide bonds. The van der Waals surface area contributed by atoms with Gasteiger partial charge in [-0.3, -0.25) is 4.99 Å². The van der Waals surface area contributed by atoms with E-state index in [4.69, 9.17) is 16.9 Å². The number of rotatable bonds is 4. The minimum atomic E-state index is 0.228. The molecule has 12 heavy (non-hydrogen) atoms. The Morgan fingerprint density at radius 2 is 2.42 bits per heavy atom. The van der Waals surface area contributed by atoms with Gasteiger partial charge in [-0.15, -0.1) is 0 Å². The van der Waals surface area contributed by atoms with Gasteiger partial charge in [-0.25, -0.2) is 0 Å². The van der Waals surface area contributed by atoms with Gasteiger partial charge in [0.15, 0.2) is 0 Å². The van der Waals surface area contributed by atoms with Crippen molar-refractivity contribution >= 4 is 17.8 Å². The van der Waals surface area contributed by atoms with E-state index in [1.165, 1.54) is 6.20 Å². The first-order valence-corrected chi connectivity index (χ1v) is 4.06. The zero-order valence-corrected chi connectivity index (χ0v) is 7.80. The smallest absolute Gasteiger partial charge is 0.102 e. The van der Waals surface area contributed by atoms with Gasteiger partial charge in [0.2, 0.25) is 0 Å². The third-order valence-electron chi connectivity index (χ3n) is 1.14. The van der Waals surface area contributed by atoms with Crippen LogP contribution in [0.4, 0.5) is 0 Å². The fraction of sp³-hybridized carbons (Fsp3) is 0.333. The van der Waals surface area contributed by atoms with Crippen LogP contribution in [0.25, 0.3) is 0 Å². The van der Waals surface area contributed by atoms with E-state index < -0.39 is 0 Å². The lowest BCUT2D eigenvalue weighted by Gasteiger charge is -1.88. The van der Waals surface area contributed by atoms with E-state index in [9.17, 15) is 0 Å². The zero-order chi connectivity index (χ0) is 9.40. The van der Waals surface area contributed by atoms with Gasteiger partial charge >= 0.3 is 0 Å². The molecule has 0 rings (SSSR count). The van der Waals surface area contributed by atoms with Crippen LogP contribution >= 0.6 is 11.6 Å². The fourth-order valence-electron chi connectivity index (χ4n) is 0.490. The number of aliphatic imine (C=N–C) groups is 1. The van der Waals surface area contributed by atoms with Crippen molar-refractivity contribution in [3.63, 3.8) is 0 Å². The van der Waals surface area contributed by atoms with E-state index in [1.807, 2.05) is 6.07 Å². The molecule has 0 bridgehead atoms. The average molecular weight is 183 g/mol. The van der Waals surface area contributed by atoms with Crippen molar-refractivity contribution in [1.82, 2.24) is 0 Å². The molecule has 0 atom stereocenters. The van der Waals surface area contributed by atoms with Crippen LogP contribution in [-0.4, -0.2) is 6.21 Å². The van der Waals surface area contributed by atoms with Crippen molar-refractivity contribution < 1.29 is 0 Å².